The molecule has 6 heteroatoms. The maximum Gasteiger partial charge on any atom is 0.136 e. The number of rotatable bonds is 10. The maximum atomic E-state index is 12.9. The highest BCUT2D eigenvalue weighted by molar-refractivity contribution is 7.95. The number of carbonyl (C=O) groups is 1. The molecule has 0 saturated carbocycles. The van der Waals surface area contributed by atoms with Crippen molar-refractivity contribution in [2.45, 2.75) is 25.7 Å². The summed E-state index contributed by atoms with van der Waals surface area (Å²) in [6, 6.07) is 32.2. The standard InChI is InChI=1S/C26H27N3OP.BrH/c30-23(12-10-11-22-21-27-29-28-22)19-20-31(24-13-4-1-5-14-24,25-15-6-2-7-16-25)26-17-8-3-9-18-26;/h1-9,13-18,21H,10-12,19-20H2,(H,27,28,29);1H/q+1;/p-1. The molecule has 0 bridgehead atoms. The van der Waals surface area contributed by atoms with Crippen LogP contribution in [-0.4, -0.2) is 27.4 Å². The van der Waals surface area contributed by atoms with Gasteiger partial charge in [0.15, 0.2) is 0 Å². The van der Waals surface area contributed by atoms with Gasteiger partial charge in [-0.05, 0) is 49.2 Å². The van der Waals surface area contributed by atoms with Gasteiger partial charge in [0.2, 0.25) is 0 Å². The van der Waals surface area contributed by atoms with Gasteiger partial charge in [0.05, 0.1) is 18.1 Å². The lowest BCUT2D eigenvalue weighted by atomic mass is 10.1. The molecule has 0 aliphatic heterocycles. The first-order valence-electron chi connectivity index (χ1n) is 10.7. The van der Waals surface area contributed by atoms with E-state index in [1.165, 1.54) is 15.9 Å². The van der Waals surface area contributed by atoms with Gasteiger partial charge in [-0.1, -0.05) is 54.6 Å². The lowest BCUT2D eigenvalue weighted by molar-refractivity contribution is -0.118. The summed E-state index contributed by atoms with van der Waals surface area (Å²) < 4.78 is 0. The number of carbonyl (C=O) groups excluding carboxylic acids is 1. The highest BCUT2D eigenvalue weighted by atomic mass is 79.9. The van der Waals surface area contributed by atoms with E-state index in [1.54, 1.807) is 6.20 Å². The van der Waals surface area contributed by atoms with E-state index in [2.05, 4.69) is 106 Å². The van der Waals surface area contributed by atoms with Crippen molar-refractivity contribution in [3.8, 4) is 0 Å². The van der Waals surface area contributed by atoms with Crippen LogP contribution in [0.1, 0.15) is 25.0 Å². The minimum atomic E-state index is -1.94. The molecule has 0 saturated heterocycles. The van der Waals surface area contributed by atoms with Crippen molar-refractivity contribution in [1.82, 2.24) is 15.4 Å². The van der Waals surface area contributed by atoms with E-state index < -0.39 is 7.26 Å². The SMILES string of the molecule is O=C(CCCc1cn[nH]n1)CC[P+](c1ccccc1)(c1ccccc1)c1ccccc1.[Br-]. The van der Waals surface area contributed by atoms with Crippen LogP contribution in [0.2, 0.25) is 0 Å². The quantitative estimate of drug-likeness (QED) is 0.327. The monoisotopic (exact) mass is 507 g/mol. The first-order valence-corrected chi connectivity index (χ1v) is 12.7. The van der Waals surface area contributed by atoms with Crippen LogP contribution < -0.4 is 32.9 Å². The fraction of sp³-hybridized carbons (Fsp3) is 0.192. The molecular weight excluding hydrogens is 481 g/mol. The summed E-state index contributed by atoms with van der Waals surface area (Å²) in [6.07, 6.45) is 5.29. The topological polar surface area (TPSA) is 58.6 Å². The number of aromatic nitrogens is 3. The molecule has 0 atom stereocenters. The van der Waals surface area contributed by atoms with Crippen molar-refractivity contribution in [2.24, 2.45) is 0 Å². The molecule has 3 aromatic carbocycles. The molecule has 0 spiro atoms. The average molecular weight is 508 g/mol. The smallest absolute Gasteiger partial charge is 0.136 e. The third-order valence-electron chi connectivity index (χ3n) is 5.67. The second-order valence-corrected chi connectivity index (χ2v) is 11.3. The van der Waals surface area contributed by atoms with Crippen molar-refractivity contribution in [3.05, 3.63) is 103 Å². The lowest BCUT2D eigenvalue weighted by Crippen LogP contribution is -3.00. The van der Waals surface area contributed by atoms with Crippen LogP contribution in [0.15, 0.2) is 97.2 Å². The molecule has 0 aliphatic rings. The fourth-order valence-corrected chi connectivity index (χ4v) is 8.41. The summed E-state index contributed by atoms with van der Waals surface area (Å²) in [7, 11) is -1.94. The molecule has 4 aromatic rings. The van der Waals surface area contributed by atoms with Crippen molar-refractivity contribution in [3.63, 3.8) is 0 Å². The number of nitrogens with one attached hydrogen (secondary N) is 1. The molecule has 0 amide bonds. The number of ketones is 1. The Morgan fingerprint density at radius 2 is 1.25 bits per heavy atom. The minimum Gasteiger partial charge on any atom is -1.00 e. The van der Waals surface area contributed by atoms with Gasteiger partial charge in [0.25, 0.3) is 0 Å². The van der Waals surface area contributed by atoms with E-state index in [4.69, 9.17) is 0 Å². The van der Waals surface area contributed by atoms with E-state index >= 15 is 0 Å². The van der Waals surface area contributed by atoms with Gasteiger partial charge in [0.1, 0.15) is 29.0 Å². The minimum absolute atomic E-state index is 0. The Labute approximate surface area is 200 Å². The Morgan fingerprint density at radius 1 is 0.750 bits per heavy atom. The molecule has 4 rings (SSSR count). The molecule has 0 aliphatic carbocycles. The van der Waals surface area contributed by atoms with E-state index in [9.17, 15) is 4.79 Å². The zero-order valence-corrected chi connectivity index (χ0v) is 20.4. The summed E-state index contributed by atoms with van der Waals surface area (Å²) in [4.78, 5) is 12.9. The Bertz CT molecular complexity index is 977. The number of H-pyrrole nitrogens is 1. The number of nitrogens with zero attached hydrogens (tertiary/aromatic N) is 2. The normalized spacial score (nSPS) is 11.0. The second-order valence-electron chi connectivity index (χ2n) is 7.64. The number of hydrogen-bond acceptors (Lipinski definition) is 3. The second kappa shape index (κ2) is 11.8. The maximum absolute atomic E-state index is 12.9. The lowest BCUT2D eigenvalue weighted by Gasteiger charge is -2.27. The third kappa shape index (κ3) is 5.59. The molecule has 1 N–H and O–H groups in total. The van der Waals surface area contributed by atoms with Crippen molar-refractivity contribution < 1.29 is 21.8 Å². The Balaban J connectivity index is 0.00000289. The van der Waals surface area contributed by atoms with Gasteiger partial charge in [-0.2, -0.15) is 15.4 Å². The summed E-state index contributed by atoms with van der Waals surface area (Å²) >= 11 is 0. The van der Waals surface area contributed by atoms with Gasteiger partial charge < -0.3 is 17.0 Å². The molecule has 1 heterocycles. The van der Waals surface area contributed by atoms with Crippen LogP contribution in [0.5, 0.6) is 0 Å². The van der Waals surface area contributed by atoms with E-state index in [0.29, 0.717) is 18.6 Å². The first kappa shape index (κ1) is 24.0. The van der Waals surface area contributed by atoms with Crippen LogP contribution in [0, 0.1) is 0 Å². The van der Waals surface area contributed by atoms with Crippen LogP contribution in [-0.2, 0) is 11.2 Å². The van der Waals surface area contributed by atoms with E-state index in [1.807, 2.05) is 0 Å². The number of Topliss-reactive ketones (excluding diaryl/α,β-unsaturated/α-hetero) is 1. The van der Waals surface area contributed by atoms with Crippen molar-refractivity contribution in [2.75, 3.05) is 6.16 Å². The summed E-state index contributed by atoms with van der Waals surface area (Å²) in [5.74, 6) is 0.315. The van der Waals surface area contributed by atoms with Crippen LogP contribution >= 0.6 is 7.26 Å². The highest BCUT2D eigenvalue weighted by Crippen LogP contribution is 2.55. The van der Waals surface area contributed by atoms with E-state index in [0.717, 1.165) is 24.7 Å². The molecule has 1 aromatic heterocycles. The molecule has 32 heavy (non-hydrogen) atoms. The number of aryl methyl sites for hydroxylation is 1. The van der Waals surface area contributed by atoms with E-state index in [-0.39, 0.29) is 17.0 Å². The van der Waals surface area contributed by atoms with Gasteiger partial charge in [-0.25, -0.2) is 0 Å². The Hall–Kier alpha value is -2.62. The highest BCUT2D eigenvalue weighted by Gasteiger charge is 2.45. The van der Waals surface area contributed by atoms with Crippen LogP contribution in [0.25, 0.3) is 0 Å². The number of hydrogen-bond donors (Lipinski definition) is 1. The fourth-order valence-electron chi connectivity index (χ4n) is 4.11. The largest absolute Gasteiger partial charge is 1.00 e. The number of halogens is 1. The predicted molar refractivity (Wildman–Crippen MR) is 129 cm³/mol. The molecule has 0 unspecified atom stereocenters. The van der Waals surface area contributed by atoms with Gasteiger partial charge in [-0.3, -0.25) is 4.79 Å². The van der Waals surface area contributed by atoms with Crippen molar-refractivity contribution >= 4 is 29.0 Å². The Kier molecular flexibility index (Phi) is 8.90. The Morgan fingerprint density at radius 3 is 1.69 bits per heavy atom. The molecule has 4 nitrogen and oxygen atoms in total. The number of benzene rings is 3. The molecule has 0 radical (unpaired) electrons. The summed E-state index contributed by atoms with van der Waals surface area (Å²) in [5.41, 5.74) is 0.910. The first-order chi connectivity index (χ1) is 15.3. The number of aromatic amines is 1. The third-order valence-corrected chi connectivity index (χ3v) is 10.1. The zero-order valence-electron chi connectivity index (χ0n) is 17.9. The van der Waals surface area contributed by atoms with Crippen molar-refractivity contribution in [1.29, 1.82) is 0 Å². The van der Waals surface area contributed by atoms with Gasteiger partial charge >= 0.3 is 0 Å². The zero-order chi connectivity index (χ0) is 21.4. The molecule has 164 valence electrons. The van der Waals surface area contributed by atoms with Crippen LogP contribution in [0.4, 0.5) is 0 Å². The van der Waals surface area contributed by atoms with Gasteiger partial charge in [-0.15, -0.1) is 0 Å². The summed E-state index contributed by atoms with van der Waals surface area (Å²) in [6.45, 7) is 0. The molecule has 0 fully saturated rings. The van der Waals surface area contributed by atoms with Gasteiger partial charge in [0, 0.05) is 12.8 Å². The predicted octanol–water partition coefficient (Wildman–Crippen LogP) is 1.08. The van der Waals surface area contributed by atoms with Crippen LogP contribution in [0.3, 0.4) is 0 Å². The summed E-state index contributed by atoms with van der Waals surface area (Å²) in [5, 5.41) is 14.5. The molecular formula is C26H27BrN3OP. The average Bonchev–Trinajstić information content (AvgIpc) is 3.35.